The molecule has 0 aliphatic rings. The molecule has 0 aliphatic heterocycles. The number of aromatic nitrogens is 2. The van der Waals surface area contributed by atoms with Crippen LogP contribution in [0.5, 0.6) is 5.88 Å². The lowest BCUT2D eigenvalue weighted by Crippen LogP contribution is -2.23. The molecule has 0 aliphatic carbocycles. The van der Waals surface area contributed by atoms with E-state index in [0.717, 1.165) is 0 Å². The lowest BCUT2D eigenvalue weighted by atomic mass is 10.2. The summed E-state index contributed by atoms with van der Waals surface area (Å²) in [6.45, 7) is 5.37. The van der Waals surface area contributed by atoms with Gasteiger partial charge < -0.3 is 9.84 Å². The third-order valence-corrected chi connectivity index (χ3v) is 1.81. The zero-order valence-electron chi connectivity index (χ0n) is 8.97. The fraction of sp³-hybridized carbons (Fsp3) is 0.500. The van der Waals surface area contributed by atoms with Crippen LogP contribution in [0.4, 0.5) is 0 Å². The van der Waals surface area contributed by atoms with Crippen molar-refractivity contribution in [2.75, 3.05) is 0 Å². The zero-order valence-corrected chi connectivity index (χ0v) is 8.97. The summed E-state index contributed by atoms with van der Waals surface area (Å²) in [6, 6.07) is 1.55. The second-order valence-electron chi connectivity index (χ2n) is 3.51. The van der Waals surface area contributed by atoms with E-state index in [-0.39, 0.29) is 5.92 Å². The fourth-order valence-corrected chi connectivity index (χ4v) is 0.932. The third-order valence-electron chi connectivity index (χ3n) is 1.81. The fourth-order valence-electron chi connectivity index (χ4n) is 0.932. The minimum atomic E-state index is -1.01. The molecule has 1 heterocycles. The van der Waals surface area contributed by atoms with E-state index in [2.05, 4.69) is 9.97 Å². The number of ether oxygens (including phenoxy) is 1. The van der Waals surface area contributed by atoms with Gasteiger partial charge in [0.2, 0.25) is 5.88 Å². The molecule has 0 amide bonds. The number of carboxylic acids is 1. The molecule has 5 nitrogen and oxygen atoms in total. The molecule has 0 aromatic carbocycles. The Balaban J connectivity index is 2.78. The number of carboxylic acid groups (broad SMARTS) is 1. The van der Waals surface area contributed by atoms with Crippen molar-refractivity contribution in [3.05, 3.63) is 18.1 Å². The van der Waals surface area contributed by atoms with E-state index in [1.807, 2.05) is 13.8 Å². The van der Waals surface area contributed by atoms with Crippen LogP contribution in [0, 0.1) is 0 Å². The second kappa shape index (κ2) is 4.72. The van der Waals surface area contributed by atoms with Crippen LogP contribution in [-0.2, 0) is 4.79 Å². The molecule has 1 aromatic rings. The Bertz CT molecular complexity index is 352. The highest BCUT2D eigenvalue weighted by molar-refractivity contribution is 5.72. The molecule has 0 spiro atoms. The number of carbonyl (C=O) groups is 1. The maximum absolute atomic E-state index is 10.6. The molecule has 0 fully saturated rings. The monoisotopic (exact) mass is 210 g/mol. The largest absolute Gasteiger partial charge is 0.479 e. The Morgan fingerprint density at radius 3 is 2.67 bits per heavy atom. The molecule has 0 radical (unpaired) electrons. The topological polar surface area (TPSA) is 72.3 Å². The van der Waals surface area contributed by atoms with E-state index in [9.17, 15) is 4.79 Å². The van der Waals surface area contributed by atoms with Gasteiger partial charge in [0.25, 0.3) is 0 Å². The molecule has 82 valence electrons. The molecule has 0 saturated heterocycles. The van der Waals surface area contributed by atoms with E-state index in [4.69, 9.17) is 9.84 Å². The molecule has 0 saturated carbocycles. The molecule has 1 atom stereocenters. The SMILES string of the molecule is CC(Oc1ccnc(C(C)C)n1)C(=O)O. The molecule has 15 heavy (non-hydrogen) atoms. The smallest absolute Gasteiger partial charge is 0.344 e. The predicted octanol–water partition coefficient (Wildman–Crippen LogP) is 1.45. The Morgan fingerprint density at radius 1 is 1.47 bits per heavy atom. The Kier molecular flexibility index (Phi) is 3.60. The predicted molar refractivity (Wildman–Crippen MR) is 53.8 cm³/mol. The lowest BCUT2D eigenvalue weighted by molar-refractivity contribution is -0.144. The van der Waals surface area contributed by atoms with Gasteiger partial charge in [0.15, 0.2) is 6.10 Å². The molecular weight excluding hydrogens is 196 g/mol. The average molecular weight is 210 g/mol. The van der Waals surface area contributed by atoms with Crippen molar-refractivity contribution in [1.29, 1.82) is 0 Å². The van der Waals surface area contributed by atoms with Gasteiger partial charge in [0.05, 0.1) is 0 Å². The quantitative estimate of drug-likeness (QED) is 0.814. The van der Waals surface area contributed by atoms with Crippen molar-refractivity contribution in [3.63, 3.8) is 0 Å². The highest BCUT2D eigenvalue weighted by Crippen LogP contribution is 2.13. The van der Waals surface area contributed by atoms with Crippen LogP contribution < -0.4 is 4.74 Å². The van der Waals surface area contributed by atoms with Gasteiger partial charge in [0, 0.05) is 18.2 Å². The maximum Gasteiger partial charge on any atom is 0.344 e. The van der Waals surface area contributed by atoms with E-state index in [0.29, 0.717) is 11.7 Å². The van der Waals surface area contributed by atoms with Crippen LogP contribution in [0.15, 0.2) is 12.3 Å². The summed E-state index contributed by atoms with van der Waals surface area (Å²) in [6.07, 6.45) is 0.659. The summed E-state index contributed by atoms with van der Waals surface area (Å²) >= 11 is 0. The number of hydrogen-bond acceptors (Lipinski definition) is 4. The normalized spacial score (nSPS) is 12.5. The Labute approximate surface area is 88.1 Å². The van der Waals surface area contributed by atoms with E-state index >= 15 is 0 Å². The van der Waals surface area contributed by atoms with Crippen LogP contribution in [0.1, 0.15) is 32.5 Å². The first-order chi connectivity index (χ1) is 7.00. The van der Waals surface area contributed by atoms with Crippen LogP contribution in [0.25, 0.3) is 0 Å². The molecule has 0 bridgehead atoms. The number of hydrogen-bond donors (Lipinski definition) is 1. The van der Waals surface area contributed by atoms with Gasteiger partial charge in [-0.15, -0.1) is 0 Å². The summed E-state index contributed by atoms with van der Waals surface area (Å²) in [4.78, 5) is 18.7. The Hall–Kier alpha value is -1.65. The number of aliphatic carboxylic acids is 1. The molecule has 1 aromatic heterocycles. The van der Waals surface area contributed by atoms with E-state index in [1.54, 1.807) is 12.3 Å². The summed E-state index contributed by atoms with van der Waals surface area (Å²) < 4.78 is 5.12. The van der Waals surface area contributed by atoms with Crippen molar-refractivity contribution in [2.24, 2.45) is 0 Å². The van der Waals surface area contributed by atoms with Gasteiger partial charge >= 0.3 is 5.97 Å². The first-order valence-corrected chi connectivity index (χ1v) is 4.73. The minimum Gasteiger partial charge on any atom is -0.479 e. The second-order valence-corrected chi connectivity index (χ2v) is 3.51. The van der Waals surface area contributed by atoms with Crippen molar-refractivity contribution < 1.29 is 14.6 Å². The molecule has 1 unspecified atom stereocenters. The van der Waals surface area contributed by atoms with Gasteiger partial charge in [-0.2, -0.15) is 4.98 Å². The summed E-state index contributed by atoms with van der Waals surface area (Å²) in [5, 5.41) is 8.65. The third kappa shape index (κ3) is 3.19. The zero-order chi connectivity index (χ0) is 11.4. The summed E-state index contributed by atoms with van der Waals surface area (Å²) in [5.41, 5.74) is 0. The van der Waals surface area contributed by atoms with Crippen LogP contribution in [0.2, 0.25) is 0 Å². The standard InChI is InChI=1S/C10H14N2O3/c1-6(2)9-11-5-4-8(12-9)15-7(3)10(13)14/h4-7H,1-3H3,(H,13,14). The minimum absolute atomic E-state index is 0.189. The first kappa shape index (κ1) is 11.4. The van der Waals surface area contributed by atoms with Crippen LogP contribution in [-0.4, -0.2) is 27.1 Å². The lowest BCUT2D eigenvalue weighted by Gasteiger charge is -2.10. The van der Waals surface area contributed by atoms with E-state index in [1.165, 1.54) is 6.92 Å². The molecular formula is C10H14N2O3. The molecule has 1 N–H and O–H groups in total. The van der Waals surface area contributed by atoms with Gasteiger partial charge in [-0.05, 0) is 6.92 Å². The molecule has 1 rings (SSSR count). The number of nitrogens with zero attached hydrogens (tertiary/aromatic N) is 2. The average Bonchev–Trinajstić information content (AvgIpc) is 2.18. The van der Waals surface area contributed by atoms with Crippen molar-refractivity contribution in [3.8, 4) is 5.88 Å². The molecule has 5 heteroatoms. The van der Waals surface area contributed by atoms with Gasteiger partial charge in [-0.1, -0.05) is 13.8 Å². The van der Waals surface area contributed by atoms with Crippen LogP contribution in [0.3, 0.4) is 0 Å². The summed E-state index contributed by atoms with van der Waals surface area (Å²) in [7, 11) is 0. The highest BCUT2D eigenvalue weighted by Gasteiger charge is 2.13. The highest BCUT2D eigenvalue weighted by atomic mass is 16.5. The Morgan fingerprint density at radius 2 is 2.13 bits per heavy atom. The van der Waals surface area contributed by atoms with Crippen molar-refractivity contribution in [2.45, 2.75) is 32.8 Å². The van der Waals surface area contributed by atoms with Gasteiger partial charge in [0.1, 0.15) is 5.82 Å². The first-order valence-electron chi connectivity index (χ1n) is 4.73. The maximum atomic E-state index is 10.6. The number of rotatable bonds is 4. The summed E-state index contributed by atoms with van der Waals surface area (Å²) in [5.74, 6) is 0.113. The van der Waals surface area contributed by atoms with Gasteiger partial charge in [-0.25, -0.2) is 9.78 Å². The van der Waals surface area contributed by atoms with E-state index < -0.39 is 12.1 Å². The van der Waals surface area contributed by atoms with Gasteiger partial charge in [-0.3, -0.25) is 0 Å². The van der Waals surface area contributed by atoms with Crippen molar-refractivity contribution in [1.82, 2.24) is 9.97 Å². The van der Waals surface area contributed by atoms with Crippen LogP contribution >= 0.6 is 0 Å². The van der Waals surface area contributed by atoms with Crippen molar-refractivity contribution >= 4 is 5.97 Å².